The highest BCUT2D eigenvalue weighted by Crippen LogP contribution is 2.11. The summed E-state index contributed by atoms with van der Waals surface area (Å²) in [5.74, 6) is -2.39. The Morgan fingerprint density at radius 2 is 1.81 bits per heavy atom. The average Bonchev–Trinajstić information content (AvgIpc) is 2.28. The van der Waals surface area contributed by atoms with E-state index >= 15 is 0 Å². The van der Waals surface area contributed by atoms with E-state index in [-0.39, 0.29) is 5.78 Å². The first-order chi connectivity index (χ1) is 7.56. The number of carbonyl (C=O) groups is 2. The Balaban J connectivity index is 2.81. The average molecular weight is 220 g/mol. The fraction of sp³-hybridized carbons (Fsp3) is 0.385. The van der Waals surface area contributed by atoms with E-state index in [1.54, 1.807) is 12.1 Å². The molecular formula is C13H16O3. The molecule has 0 fully saturated rings. The van der Waals surface area contributed by atoms with Crippen LogP contribution >= 0.6 is 0 Å². The van der Waals surface area contributed by atoms with Crippen molar-refractivity contribution >= 4 is 11.8 Å². The third kappa shape index (κ3) is 2.92. The Morgan fingerprint density at radius 3 is 2.25 bits per heavy atom. The van der Waals surface area contributed by atoms with Crippen LogP contribution in [0.1, 0.15) is 36.2 Å². The lowest BCUT2D eigenvalue weighted by atomic mass is 9.98. The molecule has 3 heteroatoms. The zero-order chi connectivity index (χ0) is 12.1. The first-order valence-electron chi connectivity index (χ1n) is 5.42. The van der Waals surface area contributed by atoms with Crippen LogP contribution in [0.15, 0.2) is 24.3 Å². The highest BCUT2D eigenvalue weighted by Gasteiger charge is 2.21. The quantitative estimate of drug-likeness (QED) is 0.612. The van der Waals surface area contributed by atoms with Crippen molar-refractivity contribution in [2.75, 3.05) is 0 Å². The summed E-state index contributed by atoms with van der Waals surface area (Å²) in [4.78, 5) is 22.3. The van der Waals surface area contributed by atoms with Gasteiger partial charge in [0, 0.05) is 5.56 Å². The van der Waals surface area contributed by atoms with Crippen LogP contribution in [0.2, 0.25) is 0 Å². The minimum atomic E-state index is -1.08. The molecule has 0 amide bonds. The zero-order valence-electron chi connectivity index (χ0n) is 9.56. The van der Waals surface area contributed by atoms with Gasteiger partial charge in [-0.2, -0.15) is 0 Å². The van der Waals surface area contributed by atoms with Crippen LogP contribution in [-0.2, 0) is 11.2 Å². The summed E-state index contributed by atoms with van der Waals surface area (Å²) in [6.07, 6.45) is 2.03. The lowest BCUT2D eigenvalue weighted by Crippen LogP contribution is -2.20. The molecule has 0 aromatic heterocycles. The number of Topliss-reactive ketones (excluding diaryl/α,β-unsaturated/α-hetero) is 1. The van der Waals surface area contributed by atoms with Gasteiger partial charge in [-0.15, -0.1) is 0 Å². The number of rotatable bonds is 5. The van der Waals surface area contributed by atoms with Crippen molar-refractivity contribution < 1.29 is 14.7 Å². The van der Waals surface area contributed by atoms with Crippen LogP contribution in [0.25, 0.3) is 0 Å². The molecule has 1 N–H and O–H groups in total. The van der Waals surface area contributed by atoms with Gasteiger partial charge in [-0.3, -0.25) is 9.59 Å². The fourth-order valence-electron chi connectivity index (χ4n) is 1.49. The molecule has 86 valence electrons. The van der Waals surface area contributed by atoms with E-state index in [0.717, 1.165) is 12.8 Å². The molecule has 0 spiro atoms. The summed E-state index contributed by atoms with van der Waals surface area (Å²) >= 11 is 0. The van der Waals surface area contributed by atoms with Gasteiger partial charge in [0.25, 0.3) is 0 Å². The smallest absolute Gasteiger partial charge is 0.314 e. The first-order valence-corrected chi connectivity index (χ1v) is 5.42. The molecular weight excluding hydrogens is 204 g/mol. The van der Waals surface area contributed by atoms with Crippen LogP contribution in [0.5, 0.6) is 0 Å². The van der Waals surface area contributed by atoms with E-state index in [1.165, 1.54) is 12.5 Å². The maximum absolute atomic E-state index is 11.7. The van der Waals surface area contributed by atoms with E-state index in [1.807, 2.05) is 12.1 Å². The molecule has 0 bridgehead atoms. The number of carboxylic acids is 1. The Kier molecular flexibility index (Phi) is 4.23. The van der Waals surface area contributed by atoms with Crippen LogP contribution in [0, 0.1) is 5.92 Å². The first kappa shape index (κ1) is 12.4. The Morgan fingerprint density at radius 1 is 1.25 bits per heavy atom. The van der Waals surface area contributed by atoms with E-state index < -0.39 is 11.9 Å². The maximum atomic E-state index is 11.7. The molecule has 3 nitrogen and oxygen atoms in total. The van der Waals surface area contributed by atoms with Crippen molar-refractivity contribution in [2.24, 2.45) is 5.92 Å². The summed E-state index contributed by atoms with van der Waals surface area (Å²) in [6.45, 7) is 3.50. The molecule has 0 aliphatic carbocycles. The third-order valence-electron chi connectivity index (χ3n) is 2.54. The third-order valence-corrected chi connectivity index (χ3v) is 2.54. The van der Waals surface area contributed by atoms with E-state index in [9.17, 15) is 9.59 Å². The molecule has 16 heavy (non-hydrogen) atoms. The lowest BCUT2D eigenvalue weighted by Gasteiger charge is -2.06. The van der Waals surface area contributed by atoms with Crippen LogP contribution in [0.4, 0.5) is 0 Å². The second-order valence-corrected chi connectivity index (χ2v) is 3.87. The van der Waals surface area contributed by atoms with Crippen LogP contribution in [0.3, 0.4) is 0 Å². The Hall–Kier alpha value is -1.64. The lowest BCUT2D eigenvalue weighted by molar-refractivity contribution is -0.139. The number of carboxylic acid groups (broad SMARTS) is 1. The van der Waals surface area contributed by atoms with Crippen LogP contribution in [-0.4, -0.2) is 16.9 Å². The van der Waals surface area contributed by atoms with Crippen molar-refractivity contribution in [3.05, 3.63) is 35.4 Å². The van der Waals surface area contributed by atoms with Gasteiger partial charge in [0.2, 0.25) is 0 Å². The number of hydrogen-bond acceptors (Lipinski definition) is 2. The van der Waals surface area contributed by atoms with Gasteiger partial charge in [0.05, 0.1) is 0 Å². The molecule has 0 saturated carbocycles. The molecule has 0 aliphatic heterocycles. The zero-order valence-corrected chi connectivity index (χ0v) is 9.56. The molecule has 1 atom stereocenters. The van der Waals surface area contributed by atoms with Gasteiger partial charge < -0.3 is 5.11 Å². The Labute approximate surface area is 95.1 Å². The largest absolute Gasteiger partial charge is 0.481 e. The molecule has 1 aromatic carbocycles. The van der Waals surface area contributed by atoms with Crippen molar-refractivity contribution in [3.63, 3.8) is 0 Å². The van der Waals surface area contributed by atoms with E-state index in [2.05, 4.69) is 6.92 Å². The second-order valence-electron chi connectivity index (χ2n) is 3.87. The van der Waals surface area contributed by atoms with Gasteiger partial charge in [-0.25, -0.2) is 0 Å². The summed E-state index contributed by atoms with van der Waals surface area (Å²) in [5.41, 5.74) is 1.64. The van der Waals surface area contributed by atoms with Gasteiger partial charge in [0.15, 0.2) is 5.78 Å². The van der Waals surface area contributed by atoms with E-state index in [0.29, 0.717) is 5.56 Å². The molecule has 0 heterocycles. The van der Waals surface area contributed by atoms with Gasteiger partial charge in [0.1, 0.15) is 5.92 Å². The molecule has 1 rings (SSSR count). The highest BCUT2D eigenvalue weighted by atomic mass is 16.4. The predicted octanol–water partition coefficient (Wildman–Crippen LogP) is 2.54. The fourth-order valence-corrected chi connectivity index (χ4v) is 1.49. The standard InChI is InChI=1S/C13H16O3/c1-3-4-10-5-7-11(8-6-10)12(14)9(2)13(15)16/h5-9H,3-4H2,1-2H3,(H,15,16). The summed E-state index contributed by atoms with van der Waals surface area (Å²) in [5, 5.41) is 8.73. The topological polar surface area (TPSA) is 54.4 Å². The van der Waals surface area contributed by atoms with Crippen molar-refractivity contribution in [1.82, 2.24) is 0 Å². The number of benzene rings is 1. The van der Waals surface area contributed by atoms with Crippen molar-refractivity contribution in [2.45, 2.75) is 26.7 Å². The Bertz CT molecular complexity index is 379. The van der Waals surface area contributed by atoms with E-state index in [4.69, 9.17) is 5.11 Å². The molecule has 0 saturated heterocycles. The number of ketones is 1. The SMILES string of the molecule is CCCc1ccc(C(=O)C(C)C(=O)O)cc1. The van der Waals surface area contributed by atoms with Gasteiger partial charge in [-0.1, -0.05) is 37.6 Å². The van der Waals surface area contributed by atoms with Crippen molar-refractivity contribution in [3.8, 4) is 0 Å². The number of aliphatic carboxylic acids is 1. The molecule has 0 radical (unpaired) electrons. The highest BCUT2D eigenvalue weighted by molar-refractivity contribution is 6.07. The number of carbonyl (C=O) groups excluding carboxylic acids is 1. The van der Waals surface area contributed by atoms with Crippen LogP contribution < -0.4 is 0 Å². The minimum Gasteiger partial charge on any atom is -0.481 e. The summed E-state index contributed by atoms with van der Waals surface area (Å²) < 4.78 is 0. The minimum absolute atomic E-state index is 0.337. The molecule has 1 aromatic rings. The summed E-state index contributed by atoms with van der Waals surface area (Å²) in [6, 6.07) is 7.16. The predicted molar refractivity (Wildman–Crippen MR) is 61.6 cm³/mol. The maximum Gasteiger partial charge on any atom is 0.314 e. The monoisotopic (exact) mass is 220 g/mol. The van der Waals surface area contributed by atoms with Gasteiger partial charge in [-0.05, 0) is 18.9 Å². The molecule has 0 aliphatic rings. The van der Waals surface area contributed by atoms with Crippen molar-refractivity contribution in [1.29, 1.82) is 0 Å². The number of aryl methyl sites for hydroxylation is 1. The number of hydrogen-bond donors (Lipinski definition) is 1. The normalized spacial score (nSPS) is 12.1. The second kappa shape index (κ2) is 5.45. The molecule has 1 unspecified atom stereocenters. The van der Waals surface area contributed by atoms with Gasteiger partial charge >= 0.3 is 5.97 Å². The summed E-state index contributed by atoms with van der Waals surface area (Å²) in [7, 11) is 0.